The standard InChI is InChI=1S/C18H23N5O8/c1-9(24)28-7-13-14(29-10(2)25)15(30-11(3)26)17(31-13)23-8-20-12(6-19)16(23)21-18(27)22(4)5/h8,13-15,17H,7H2,1-5H3,(H,21,27)/t13-,14-,15-,17-/m1/s1. The smallest absolute Gasteiger partial charge is 0.322 e. The Morgan fingerprint density at radius 1 is 1.16 bits per heavy atom. The third kappa shape index (κ3) is 5.70. The van der Waals surface area contributed by atoms with Crippen molar-refractivity contribution in [3.63, 3.8) is 0 Å². The molecule has 2 amide bonds. The molecule has 13 heteroatoms. The number of aromatic nitrogens is 2. The number of hydrogen-bond donors (Lipinski definition) is 1. The van der Waals surface area contributed by atoms with E-state index in [9.17, 15) is 24.4 Å². The molecule has 1 aromatic rings. The number of amides is 2. The number of nitrogens with zero attached hydrogens (tertiary/aromatic N) is 4. The molecule has 31 heavy (non-hydrogen) atoms. The van der Waals surface area contributed by atoms with Crippen LogP contribution in [0, 0.1) is 11.3 Å². The number of carbonyl (C=O) groups excluding carboxylic acids is 4. The van der Waals surface area contributed by atoms with Gasteiger partial charge in [0.2, 0.25) is 0 Å². The fourth-order valence-corrected chi connectivity index (χ4v) is 2.89. The highest BCUT2D eigenvalue weighted by Crippen LogP contribution is 2.36. The van der Waals surface area contributed by atoms with Crippen LogP contribution in [0.2, 0.25) is 0 Å². The van der Waals surface area contributed by atoms with Crippen LogP contribution in [-0.2, 0) is 33.3 Å². The number of nitrogens with one attached hydrogen (secondary N) is 1. The Morgan fingerprint density at radius 3 is 2.29 bits per heavy atom. The van der Waals surface area contributed by atoms with Gasteiger partial charge in [-0.05, 0) is 0 Å². The molecule has 1 aromatic heterocycles. The average Bonchev–Trinajstić information content (AvgIpc) is 3.20. The molecule has 2 rings (SSSR count). The van der Waals surface area contributed by atoms with Crippen LogP contribution >= 0.6 is 0 Å². The summed E-state index contributed by atoms with van der Waals surface area (Å²) < 4.78 is 22.8. The molecular formula is C18H23N5O8. The third-order valence-electron chi connectivity index (χ3n) is 4.15. The Kier molecular flexibility index (Phi) is 7.54. The summed E-state index contributed by atoms with van der Waals surface area (Å²) in [5.74, 6) is -1.98. The zero-order valence-electron chi connectivity index (χ0n) is 17.6. The van der Waals surface area contributed by atoms with Crippen molar-refractivity contribution in [1.29, 1.82) is 5.26 Å². The second kappa shape index (κ2) is 9.90. The van der Waals surface area contributed by atoms with E-state index >= 15 is 0 Å². The van der Waals surface area contributed by atoms with Gasteiger partial charge in [0.15, 0.2) is 29.9 Å². The Bertz CT molecular complexity index is 905. The summed E-state index contributed by atoms with van der Waals surface area (Å²) in [4.78, 5) is 52.0. The molecule has 4 atom stereocenters. The van der Waals surface area contributed by atoms with Gasteiger partial charge in [-0.1, -0.05) is 0 Å². The van der Waals surface area contributed by atoms with Crippen LogP contribution in [0.25, 0.3) is 0 Å². The number of imidazole rings is 1. The fraction of sp³-hybridized carbons (Fsp3) is 0.556. The molecule has 0 aliphatic carbocycles. The molecule has 0 spiro atoms. The lowest BCUT2D eigenvalue weighted by molar-refractivity contribution is -0.166. The average molecular weight is 437 g/mol. The summed E-state index contributed by atoms with van der Waals surface area (Å²) in [6.45, 7) is 3.22. The molecule has 0 aromatic carbocycles. The lowest BCUT2D eigenvalue weighted by Crippen LogP contribution is -2.40. The highest BCUT2D eigenvalue weighted by molar-refractivity contribution is 5.89. The Hall–Kier alpha value is -3.66. The molecule has 0 saturated carbocycles. The molecule has 2 heterocycles. The van der Waals surface area contributed by atoms with E-state index < -0.39 is 48.5 Å². The van der Waals surface area contributed by atoms with E-state index in [4.69, 9.17) is 18.9 Å². The second-order valence-corrected chi connectivity index (χ2v) is 6.80. The first-order chi connectivity index (χ1) is 14.5. The first-order valence-electron chi connectivity index (χ1n) is 9.13. The minimum Gasteiger partial charge on any atom is -0.463 e. The van der Waals surface area contributed by atoms with Gasteiger partial charge in [0, 0.05) is 34.9 Å². The van der Waals surface area contributed by atoms with Gasteiger partial charge in [-0.15, -0.1) is 0 Å². The molecule has 1 aliphatic heterocycles. The molecule has 1 aliphatic rings. The second-order valence-electron chi connectivity index (χ2n) is 6.80. The highest BCUT2D eigenvalue weighted by Gasteiger charge is 2.51. The van der Waals surface area contributed by atoms with E-state index in [0.717, 1.165) is 13.8 Å². The maximum absolute atomic E-state index is 12.2. The van der Waals surface area contributed by atoms with Crippen LogP contribution in [0.3, 0.4) is 0 Å². The molecule has 1 saturated heterocycles. The quantitative estimate of drug-likeness (QED) is 0.479. The van der Waals surface area contributed by atoms with Crippen molar-refractivity contribution in [2.45, 2.75) is 45.3 Å². The van der Waals surface area contributed by atoms with Crippen LogP contribution in [0.1, 0.15) is 32.7 Å². The number of ether oxygens (including phenoxy) is 4. The van der Waals surface area contributed by atoms with E-state index in [1.807, 2.05) is 6.07 Å². The van der Waals surface area contributed by atoms with Gasteiger partial charge in [-0.3, -0.25) is 24.3 Å². The number of urea groups is 1. The van der Waals surface area contributed by atoms with Crippen molar-refractivity contribution in [1.82, 2.24) is 14.5 Å². The van der Waals surface area contributed by atoms with Gasteiger partial charge in [-0.25, -0.2) is 9.78 Å². The van der Waals surface area contributed by atoms with E-state index in [0.29, 0.717) is 0 Å². The largest absolute Gasteiger partial charge is 0.463 e. The number of nitriles is 1. The van der Waals surface area contributed by atoms with Gasteiger partial charge in [0.05, 0.1) is 0 Å². The van der Waals surface area contributed by atoms with E-state index in [1.165, 1.54) is 36.8 Å². The van der Waals surface area contributed by atoms with E-state index in [2.05, 4.69) is 10.3 Å². The summed E-state index contributed by atoms with van der Waals surface area (Å²) in [5, 5.41) is 11.9. The molecule has 0 radical (unpaired) electrons. The van der Waals surface area contributed by atoms with Crippen LogP contribution in [-0.4, -0.2) is 77.4 Å². The summed E-state index contributed by atoms with van der Waals surface area (Å²) in [6, 6.07) is 1.30. The summed E-state index contributed by atoms with van der Waals surface area (Å²) in [7, 11) is 3.00. The Balaban J connectivity index is 2.49. The summed E-state index contributed by atoms with van der Waals surface area (Å²) >= 11 is 0. The SMILES string of the molecule is CC(=O)OC[C@H]1O[C@@H](n2cnc(C#N)c2NC(=O)N(C)C)[C@H](OC(C)=O)[C@@H]1OC(C)=O. The number of esters is 3. The van der Waals surface area contributed by atoms with Gasteiger partial charge in [-0.2, -0.15) is 5.26 Å². The van der Waals surface area contributed by atoms with Crippen molar-refractivity contribution in [2.24, 2.45) is 0 Å². The monoisotopic (exact) mass is 437 g/mol. The number of anilines is 1. The van der Waals surface area contributed by atoms with Crippen LogP contribution < -0.4 is 5.32 Å². The molecule has 0 unspecified atom stereocenters. The van der Waals surface area contributed by atoms with Crippen molar-refractivity contribution < 1.29 is 38.1 Å². The lowest BCUT2D eigenvalue weighted by atomic mass is 10.1. The Morgan fingerprint density at radius 2 is 1.77 bits per heavy atom. The summed E-state index contributed by atoms with van der Waals surface area (Å²) in [6.07, 6.45) is -3.24. The molecular weight excluding hydrogens is 414 g/mol. The predicted molar refractivity (Wildman–Crippen MR) is 101 cm³/mol. The zero-order valence-corrected chi connectivity index (χ0v) is 17.6. The number of hydrogen-bond acceptors (Lipinski definition) is 10. The minimum atomic E-state index is -1.18. The van der Waals surface area contributed by atoms with Gasteiger partial charge < -0.3 is 23.8 Å². The number of rotatable bonds is 6. The third-order valence-corrected chi connectivity index (χ3v) is 4.15. The number of carbonyl (C=O) groups is 4. The van der Waals surface area contributed by atoms with E-state index in [1.54, 1.807) is 0 Å². The van der Waals surface area contributed by atoms with Crippen molar-refractivity contribution in [3.8, 4) is 6.07 Å². The lowest BCUT2D eigenvalue weighted by Gasteiger charge is -2.24. The van der Waals surface area contributed by atoms with Crippen LogP contribution in [0.15, 0.2) is 6.33 Å². The maximum Gasteiger partial charge on any atom is 0.322 e. The Labute approximate surface area is 177 Å². The van der Waals surface area contributed by atoms with Gasteiger partial charge >= 0.3 is 23.9 Å². The zero-order chi connectivity index (χ0) is 23.3. The van der Waals surface area contributed by atoms with Crippen LogP contribution in [0.4, 0.5) is 10.6 Å². The molecule has 1 N–H and O–H groups in total. The molecule has 168 valence electrons. The van der Waals surface area contributed by atoms with Gasteiger partial charge in [0.1, 0.15) is 25.1 Å². The first-order valence-corrected chi connectivity index (χ1v) is 9.13. The topological polar surface area (TPSA) is 162 Å². The highest BCUT2D eigenvalue weighted by atomic mass is 16.7. The first kappa shape index (κ1) is 23.6. The maximum atomic E-state index is 12.2. The van der Waals surface area contributed by atoms with E-state index in [-0.39, 0.29) is 18.1 Å². The van der Waals surface area contributed by atoms with Gasteiger partial charge in [0.25, 0.3) is 0 Å². The van der Waals surface area contributed by atoms with Crippen molar-refractivity contribution >= 4 is 29.8 Å². The van der Waals surface area contributed by atoms with Crippen molar-refractivity contribution in [3.05, 3.63) is 12.0 Å². The summed E-state index contributed by atoms with van der Waals surface area (Å²) in [5.41, 5.74) is -0.118. The predicted octanol–water partition coefficient (Wildman–Crippen LogP) is 0.172. The molecule has 0 bridgehead atoms. The van der Waals surface area contributed by atoms with Crippen LogP contribution in [0.5, 0.6) is 0 Å². The normalized spacial score (nSPS) is 22.2. The molecule has 1 fully saturated rings. The van der Waals surface area contributed by atoms with Crippen molar-refractivity contribution in [2.75, 3.05) is 26.0 Å². The minimum absolute atomic E-state index is 0.0157. The molecule has 13 nitrogen and oxygen atoms in total. The fourth-order valence-electron chi connectivity index (χ4n) is 2.89.